The van der Waals surface area contributed by atoms with Crippen LogP contribution in [-0.4, -0.2) is 33.3 Å². The SMILES string of the molecule is CN(C)C=C(C(=O)Nc1ccc(F)c(F)c1F)S(=O)(=O)c1ccccc1. The summed E-state index contributed by atoms with van der Waals surface area (Å²) in [6, 6.07) is 8.57. The van der Waals surface area contributed by atoms with Crippen molar-refractivity contribution in [2.45, 2.75) is 4.90 Å². The van der Waals surface area contributed by atoms with Crippen molar-refractivity contribution in [1.29, 1.82) is 0 Å². The highest BCUT2D eigenvalue weighted by molar-refractivity contribution is 7.96. The summed E-state index contributed by atoms with van der Waals surface area (Å²) in [6.07, 6.45) is 1.04. The summed E-state index contributed by atoms with van der Waals surface area (Å²) in [6.45, 7) is 0. The fourth-order valence-corrected chi connectivity index (χ4v) is 3.43. The van der Waals surface area contributed by atoms with Crippen molar-refractivity contribution < 1.29 is 26.4 Å². The van der Waals surface area contributed by atoms with Crippen LogP contribution < -0.4 is 5.32 Å². The van der Waals surface area contributed by atoms with Crippen molar-refractivity contribution in [3.63, 3.8) is 0 Å². The summed E-state index contributed by atoms with van der Waals surface area (Å²) < 4.78 is 65.5. The average Bonchev–Trinajstić information content (AvgIpc) is 2.60. The van der Waals surface area contributed by atoms with E-state index in [0.717, 1.165) is 12.3 Å². The second-order valence-electron chi connectivity index (χ2n) is 5.45. The number of benzene rings is 2. The molecule has 0 aliphatic carbocycles. The highest BCUT2D eigenvalue weighted by Gasteiger charge is 2.28. The van der Waals surface area contributed by atoms with Crippen molar-refractivity contribution in [3.05, 3.63) is 71.0 Å². The molecular formula is C17H15F3N2O3S. The largest absolute Gasteiger partial charge is 0.382 e. The van der Waals surface area contributed by atoms with Crippen molar-refractivity contribution in [2.24, 2.45) is 0 Å². The number of amides is 1. The Morgan fingerprint density at radius 1 is 1.00 bits per heavy atom. The number of rotatable bonds is 5. The summed E-state index contributed by atoms with van der Waals surface area (Å²) in [5.74, 6) is -6.01. The third kappa shape index (κ3) is 4.05. The van der Waals surface area contributed by atoms with E-state index in [0.29, 0.717) is 6.07 Å². The van der Waals surface area contributed by atoms with Gasteiger partial charge in [-0.05, 0) is 24.3 Å². The van der Waals surface area contributed by atoms with Gasteiger partial charge in [0.05, 0.1) is 10.6 Å². The quantitative estimate of drug-likeness (QED) is 0.636. The van der Waals surface area contributed by atoms with E-state index in [9.17, 15) is 26.4 Å². The zero-order chi connectivity index (χ0) is 19.5. The summed E-state index contributed by atoms with van der Waals surface area (Å²) in [5.41, 5.74) is -0.679. The lowest BCUT2D eigenvalue weighted by Gasteiger charge is -2.14. The molecule has 0 bridgehead atoms. The van der Waals surface area contributed by atoms with Crippen LogP contribution in [0.1, 0.15) is 0 Å². The number of carbonyl (C=O) groups is 1. The summed E-state index contributed by atoms with van der Waals surface area (Å²) >= 11 is 0. The molecule has 2 aromatic rings. The van der Waals surface area contributed by atoms with Gasteiger partial charge in [-0.1, -0.05) is 18.2 Å². The van der Waals surface area contributed by atoms with Gasteiger partial charge >= 0.3 is 0 Å². The normalized spacial score (nSPS) is 12.0. The van der Waals surface area contributed by atoms with Gasteiger partial charge in [0.25, 0.3) is 5.91 Å². The minimum absolute atomic E-state index is 0.144. The lowest BCUT2D eigenvalue weighted by molar-refractivity contribution is -0.112. The Kier molecular flexibility index (Phi) is 5.71. The van der Waals surface area contributed by atoms with E-state index in [1.54, 1.807) is 6.07 Å². The Morgan fingerprint density at radius 2 is 1.62 bits per heavy atom. The minimum Gasteiger partial charge on any atom is -0.382 e. The van der Waals surface area contributed by atoms with Crippen LogP contribution in [0.2, 0.25) is 0 Å². The van der Waals surface area contributed by atoms with E-state index < -0.39 is 43.8 Å². The molecule has 5 nitrogen and oxygen atoms in total. The number of anilines is 1. The Balaban J connectivity index is 2.46. The van der Waals surface area contributed by atoms with Gasteiger partial charge in [-0.25, -0.2) is 21.6 Å². The van der Waals surface area contributed by atoms with Crippen LogP contribution >= 0.6 is 0 Å². The first-order chi connectivity index (χ1) is 12.1. The van der Waals surface area contributed by atoms with Gasteiger partial charge in [-0.2, -0.15) is 0 Å². The van der Waals surface area contributed by atoms with Crippen LogP contribution in [0.15, 0.2) is 58.5 Å². The first-order valence-electron chi connectivity index (χ1n) is 7.28. The predicted octanol–water partition coefficient (Wildman–Crippen LogP) is 2.92. The maximum Gasteiger partial charge on any atom is 0.269 e. The molecule has 138 valence electrons. The minimum atomic E-state index is -4.23. The van der Waals surface area contributed by atoms with Crippen LogP contribution in [0, 0.1) is 17.5 Å². The van der Waals surface area contributed by atoms with E-state index in [1.165, 1.54) is 43.3 Å². The van der Waals surface area contributed by atoms with E-state index in [2.05, 4.69) is 0 Å². The number of nitrogens with zero attached hydrogens (tertiary/aromatic N) is 1. The van der Waals surface area contributed by atoms with Crippen LogP contribution in [-0.2, 0) is 14.6 Å². The van der Waals surface area contributed by atoms with Crippen LogP contribution in [0.5, 0.6) is 0 Å². The Labute approximate surface area is 148 Å². The summed E-state index contributed by atoms with van der Waals surface area (Å²) in [7, 11) is -1.25. The van der Waals surface area contributed by atoms with Gasteiger partial charge in [0.15, 0.2) is 22.4 Å². The number of hydrogen-bond acceptors (Lipinski definition) is 4. The van der Waals surface area contributed by atoms with Crippen molar-refractivity contribution >= 4 is 21.4 Å². The second-order valence-corrected chi connectivity index (χ2v) is 7.37. The van der Waals surface area contributed by atoms with Crippen molar-refractivity contribution in [1.82, 2.24) is 4.90 Å². The first-order valence-corrected chi connectivity index (χ1v) is 8.76. The molecule has 0 aliphatic rings. The number of carbonyl (C=O) groups excluding carboxylic acids is 1. The third-order valence-corrected chi connectivity index (χ3v) is 4.99. The molecule has 0 unspecified atom stereocenters. The molecule has 0 saturated heterocycles. The van der Waals surface area contributed by atoms with Crippen LogP contribution in [0.4, 0.5) is 18.9 Å². The molecule has 0 spiro atoms. The molecule has 0 saturated carbocycles. The topological polar surface area (TPSA) is 66.5 Å². The molecule has 2 aromatic carbocycles. The monoisotopic (exact) mass is 384 g/mol. The van der Waals surface area contributed by atoms with Gasteiger partial charge in [0.2, 0.25) is 9.84 Å². The molecule has 0 heterocycles. The Bertz CT molecular complexity index is 959. The molecule has 1 amide bonds. The fraction of sp³-hybridized carbons (Fsp3) is 0.118. The standard InChI is InChI=1S/C17H15F3N2O3S/c1-22(2)10-14(26(24,25)11-6-4-3-5-7-11)17(23)21-13-9-8-12(18)15(19)16(13)20/h3-10H,1-2H3,(H,21,23). The third-order valence-electron chi connectivity index (χ3n) is 3.23. The van der Waals surface area contributed by atoms with Crippen LogP contribution in [0.3, 0.4) is 0 Å². The maximum atomic E-state index is 13.8. The number of halogens is 3. The molecule has 1 N–H and O–H groups in total. The van der Waals surface area contributed by atoms with Crippen molar-refractivity contribution in [2.75, 3.05) is 19.4 Å². The number of nitrogens with one attached hydrogen (secondary N) is 1. The molecule has 2 rings (SSSR count). The second kappa shape index (κ2) is 7.61. The zero-order valence-corrected chi connectivity index (χ0v) is 14.6. The van der Waals surface area contributed by atoms with E-state index in [1.807, 2.05) is 5.32 Å². The van der Waals surface area contributed by atoms with Crippen LogP contribution in [0.25, 0.3) is 0 Å². The Morgan fingerprint density at radius 3 is 2.19 bits per heavy atom. The molecule has 0 aromatic heterocycles. The van der Waals surface area contributed by atoms with Crippen molar-refractivity contribution in [3.8, 4) is 0 Å². The fourth-order valence-electron chi connectivity index (χ4n) is 2.02. The smallest absolute Gasteiger partial charge is 0.269 e. The summed E-state index contributed by atoms with van der Waals surface area (Å²) in [5, 5.41) is 1.96. The average molecular weight is 384 g/mol. The lowest BCUT2D eigenvalue weighted by Crippen LogP contribution is -2.24. The zero-order valence-electron chi connectivity index (χ0n) is 13.8. The molecule has 9 heteroatoms. The number of hydrogen-bond donors (Lipinski definition) is 1. The Hall–Kier alpha value is -2.81. The molecule has 0 fully saturated rings. The first kappa shape index (κ1) is 19.5. The highest BCUT2D eigenvalue weighted by atomic mass is 32.2. The number of sulfone groups is 1. The van der Waals surface area contributed by atoms with Gasteiger partial charge in [0, 0.05) is 20.3 Å². The lowest BCUT2D eigenvalue weighted by atomic mass is 10.2. The van der Waals surface area contributed by atoms with Gasteiger partial charge in [-0.3, -0.25) is 4.79 Å². The van der Waals surface area contributed by atoms with E-state index in [-0.39, 0.29) is 4.90 Å². The maximum absolute atomic E-state index is 13.8. The summed E-state index contributed by atoms with van der Waals surface area (Å²) in [4.78, 5) is 12.9. The van der Waals surface area contributed by atoms with Gasteiger partial charge in [0.1, 0.15) is 0 Å². The predicted molar refractivity (Wildman–Crippen MR) is 90.3 cm³/mol. The van der Waals surface area contributed by atoms with Gasteiger partial charge < -0.3 is 10.2 Å². The van der Waals surface area contributed by atoms with E-state index in [4.69, 9.17) is 0 Å². The molecule has 0 atom stereocenters. The molecule has 0 aliphatic heterocycles. The highest BCUT2D eigenvalue weighted by Crippen LogP contribution is 2.24. The van der Waals surface area contributed by atoms with E-state index >= 15 is 0 Å². The molecular weight excluding hydrogens is 369 g/mol. The molecule has 26 heavy (non-hydrogen) atoms. The van der Waals surface area contributed by atoms with Gasteiger partial charge in [-0.15, -0.1) is 0 Å². The molecule has 0 radical (unpaired) electrons.